The van der Waals surface area contributed by atoms with Crippen molar-refractivity contribution in [1.82, 2.24) is 0 Å². The van der Waals surface area contributed by atoms with Crippen molar-refractivity contribution in [3.63, 3.8) is 0 Å². The Morgan fingerprint density at radius 2 is 1.64 bits per heavy atom. The largest absolute Gasteiger partial charge is 0.497 e. The average Bonchev–Trinajstić information content (AvgIpc) is 3.11. The Balaban J connectivity index is 1.99. The van der Waals surface area contributed by atoms with Crippen LogP contribution >= 0.6 is 20.7 Å². The van der Waals surface area contributed by atoms with Crippen LogP contribution in [0.3, 0.4) is 0 Å². The molecule has 0 saturated heterocycles. The first kappa shape index (κ1) is 15.9. The molecule has 0 saturated carbocycles. The van der Waals surface area contributed by atoms with Crippen LogP contribution in [-0.2, 0) is 0 Å². The van der Waals surface area contributed by atoms with E-state index in [0.717, 1.165) is 32.7 Å². The zero-order valence-electron chi connectivity index (χ0n) is 13.5. The maximum Gasteiger partial charge on any atom is 0.174 e. The minimum atomic E-state index is 0.632. The molecule has 124 valence electrons. The first-order chi connectivity index (χ1) is 12.3. The van der Waals surface area contributed by atoms with Crippen LogP contribution in [0.4, 0.5) is 0 Å². The van der Waals surface area contributed by atoms with Crippen LogP contribution in [-0.4, -0.2) is 12.3 Å². The highest BCUT2D eigenvalue weighted by atomic mass is 32.9. The monoisotopic (exact) mass is 365 g/mol. The molecule has 0 spiro atoms. The van der Waals surface area contributed by atoms with Gasteiger partial charge in [-0.15, -0.1) is 0 Å². The van der Waals surface area contributed by atoms with Crippen LogP contribution in [0, 0.1) is 0 Å². The van der Waals surface area contributed by atoms with Gasteiger partial charge in [-0.1, -0.05) is 68.3 Å². The van der Waals surface area contributed by atoms with Crippen LogP contribution in [0.25, 0.3) is 32.3 Å². The lowest BCUT2D eigenvalue weighted by molar-refractivity contribution is 0.304. The van der Waals surface area contributed by atoms with Gasteiger partial charge in [0.25, 0.3) is 0 Å². The van der Waals surface area contributed by atoms with Crippen LogP contribution < -0.4 is 9.41 Å². The van der Waals surface area contributed by atoms with Crippen molar-refractivity contribution in [3.8, 4) is 27.3 Å². The quantitative estimate of drug-likeness (QED) is 0.292. The lowest BCUT2D eigenvalue weighted by atomic mass is 9.97. The van der Waals surface area contributed by atoms with E-state index in [0.29, 0.717) is 4.67 Å². The van der Waals surface area contributed by atoms with Gasteiger partial charge in [0.15, 0.2) is 4.67 Å². The third kappa shape index (κ3) is 2.81. The van der Waals surface area contributed by atoms with E-state index in [4.69, 9.17) is 4.74 Å². The maximum absolute atomic E-state index is 9.52. The van der Waals surface area contributed by atoms with E-state index in [1.165, 1.54) is 15.7 Å². The molecule has 5 heteroatoms. The predicted octanol–water partition coefficient (Wildman–Crippen LogP) is 5.60. The highest BCUT2D eigenvalue weighted by Gasteiger charge is 2.16. The summed E-state index contributed by atoms with van der Waals surface area (Å²) in [4.78, 5) is 1.09. The SMILES string of the molecule is COc1ccc(-c2ss/c(=N\O)c2-c2cccc3ccccc23)cc1. The van der Waals surface area contributed by atoms with E-state index >= 15 is 0 Å². The molecule has 1 aromatic heterocycles. The number of nitrogens with zero attached hydrogens (tertiary/aromatic N) is 1. The summed E-state index contributed by atoms with van der Waals surface area (Å²) in [7, 11) is 4.76. The van der Waals surface area contributed by atoms with Crippen LogP contribution in [0.5, 0.6) is 5.75 Å². The summed E-state index contributed by atoms with van der Waals surface area (Å²) >= 11 is 0. The fourth-order valence-electron chi connectivity index (χ4n) is 2.94. The molecule has 0 aliphatic carbocycles. The number of methoxy groups -OCH3 is 1. The minimum absolute atomic E-state index is 0.632. The Labute approximate surface area is 152 Å². The van der Waals surface area contributed by atoms with Gasteiger partial charge in [0.2, 0.25) is 0 Å². The average molecular weight is 365 g/mol. The molecule has 0 amide bonds. The van der Waals surface area contributed by atoms with Gasteiger partial charge in [-0.2, -0.15) is 0 Å². The zero-order chi connectivity index (χ0) is 17.2. The molecule has 1 N–H and O–H groups in total. The van der Waals surface area contributed by atoms with Gasteiger partial charge in [-0.05, 0) is 46.2 Å². The van der Waals surface area contributed by atoms with Crippen molar-refractivity contribution in [2.45, 2.75) is 0 Å². The van der Waals surface area contributed by atoms with Gasteiger partial charge in [0.1, 0.15) is 5.75 Å². The van der Waals surface area contributed by atoms with E-state index in [9.17, 15) is 5.21 Å². The van der Waals surface area contributed by atoms with E-state index in [2.05, 4.69) is 29.4 Å². The normalized spacial score (nSPS) is 11.8. The number of fused-ring (bicyclic) bond motifs is 1. The van der Waals surface area contributed by atoms with Crippen molar-refractivity contribution < 1.29 is 9.94 Å². The molecule has 0 atom stereocenters. The summed E-state index contributed by atoms with van der Waals surface area (Å²) in [5.41, 5.74) is 3.13. The molecule has 0 radical (unpaired) electrons. The third-order valence-electron chi connectivity index (χ3n) is 4.15. The highest BCUT2D eigenvalue weighted by molar-refractivity contribution is 7.70. The molecular weight excluding hydrogens is 350 g/mol. The molecule has 0 bridgehead atoms. The summed E-state index contributed by atoms with van der Waals surface area (Å²) < 4.78 is 5.88. The fourth-order valence-corrected chi connectivity index (χ4v) is 5.40. The summed E-state index contributed by atoms with van der Waals surface area (Å²) in [5.74, 6) is 0.822. The van der Waals surface area contributed by atoms with Crippen molar-refractivity contribution in [3.05, 3.63) is 71.4 Å². The van der Waals surface area contributed by atoms with Crippen LogP contribution in [0.1, 0.15) is 0 Å². The number of hydrogen-bond donors (Lipinski definition) is 1. The fraction of sp³-hybridized carbons (Fsp3) is 0.0500. The molecule has 1 heterocycles. The van der Waals surface area contributed by atoms with Gasteiger partial charge < -0.3 is 9.94 Å². The van der Waals surface area contributed by atoms with E-state index in [1.54, 1.807) is 17.5 Å². The second-order valence-electron chi connectivity index (χ2n) is 5.53. The summed E-state index contributed by atoms with van der Waals surface area (Å²) in [6.07, 6.45) is 0. The Hall–Kier alpha value is -2.63. The number of hydrogen-bond acceptors (Lipinski definition) is 5. The first-order valence-corrected chi connectivity index (χ1v) is 9.90. The summed E-state index contributed by atoms with van der Waals surface area (Å²) in [5, 5.41) is 15.4. The Bertz CT molecular complexity index is 1090. The van der Waals surface area contributed by atoms with Gasteiger partial charge in [-0.3, -0.25) is 0 Å². The Kier molecular flexibility index (Phi) is 4.26. The molecule has 0 aliphatic heterocycles. The lowest BCUT2D eigenvalue weighted by Crippen LogP contribution is -1.99. The second kappa shape index (κ2) is 6.70. The summed E-state index contributed by atoms with van der Waals surface area (Å²) in [6, 6.07) is 22.4. The Morgan fingerprint density at radius 1 is 0.880 bits per heavy atom. The highest BCUT2D eigenvalue weighted by Crippen LogP contribution is 2.39. The number of rotatable bonds is 3. The third-order valence-corrected chi connectivity index (χ3v) is 6.50. The molecule has 0 fully saturated rings. The van der Waals surface area contributed by atoms with Gasteiger partial charge in [0, 0.05) is 5.56 Å². The van der Waals surface area contributed by atoms with Crippen molar-refractivity contribution in [2.75, 3.05) is 7.11 Å². The predicted molar refractivity (Wildman–Crippen MR) is 104 cm³/mol. The van der Waals surface area contributed by atoms with E-state index in [-0.39, 0.29) is 0 Å². The van der Waals surface area contributed by atoms with Crippen LogP contribution in [0.15, 0.2) is 71.9 Å². The maximum atomic E-state index is 9.52. The van der Waals surface area contributed by atoms with Gasteiger partial charge in [0.05, 0.1) is 12.0 Å². The zero-order valence-corrected chi connectivity index (χ0v) is 15.1. The topological polar surface area (TPSA) is 41.8 Å². The first-order valence-electron chi connectivity index (χ1n) is 7.75. The summed E-state index contributed by atoms with van der Waals surface area (Å²) in [6.45, 7) is 0. The van der Waals surface area contributed by atoms with Crippen molar-refractivity contribution >= 4 is 31.5 Å². The minimum Gasteiger partial charge on any atom is -0.497 e. The molecule has 0 unspecified atom stereocenters. The molecule has 3 nitrogen and oxygen atoms in total. The standard InChI is InChI=1S/C20H15NO2S2/c1-23-15-11-9-14(10-12-15)19-18(20(21-22)25-24-19)17-8-4-6-13-5-2-3-7-16(13)17/h2-12,22H,1H3/b21-20-. The van der Waals surface area contributed by atoms with E-state index < -0.39 is 0 Å². The molecule has 4 rings (SSSR count). The van der Waals surface area contributed by atoms with Crippen LogP contribution in [0.2, 0.25) is 0 Å². The molecule has 25 heavy (non-hydrogen) atoms. The number of ether oxygens (including phenoxy) is 1. The molecular formula is C20H15NO2S2. The number of benzene rings is 3. The van der Waals surface area contributed by atoms with Gasteiger partial charge in [-0.25, -0.2) is 0 Å². The van der Waals surface area contributed by atoms with Crippen molar-refractivity contribution in [2.24, 2.45) is 5.16 Å². The molecule has 3 aromatic carbocycles. The Morgan fingerprint density at radius 3 is 2.40 bits per heavy atom. The van der Waals surface area contributed by atoms with Crippen molar-refractivity contribution in [1.29, 1.82) is 0 Å². The van der Waals surface area contributed by atoms with E-state index in [1.807, 2.05) is 42.5 Å². The van der Waals surface area contributed by atoms with Gasteiger partial charge >= 0.3 is 0 Å². The molecule has 0 aliphatic rings. The molecule has 4 aromatic rings. The smallest absolute Gasteiger partial charge is 0.174 e. The lowest BCUT2D eigenvalue weighted by Gasteiger charge is -2.08. The second-order valence-corrected chi connectivity index (χ2v) is 7.66.